The number of hydrogen-bond donors (Lipinski definition) is 1. The number of anilines is 1. The Kier molecular flexibility index (Phi) is 6.61. The topological polar surface area (TPSA) is 92.8 Å². The number of ketones is 1. The molecule has 0 bridgehead atoms. The van der Waals surface area contributed by atoms with Crippen LogP contribution in [0.3, 0.4) is 0 Å². The summed E-state index contributed by atoms with van der Waals surface area (Å²) >= 11 is 0. The van der Waals surface area contributed by atoms with E-state index in [4.69, 9.17) is 4.74 Å². The van der Waals surface area contributed by atoms with Gasteiger partial charge in [0.15, 0.2) is 6.61 Å². The average molecular weight is 408 g/mol. The van der Waals surface area contributed by atoms with Crippen molar-refractivity contribution in [2.45, 2.75) is 26.2 Å². The maximum Gasteiger partial charge on any atom is 0.326 e. The number of benzene rings is 2. The Morgan fingerprint density at radius 1 is 1.03 bits per heavy atom. The maximum atomic E-state index is 12.1. The standard InChI is InChI=1S/C23H24N2O5/c1-15(2)17-9-7-16(8-10-17)11-12-24-20(26)14-30-21(27)13-25-19-6-4-3-5-18(19)22(28)23(25)29/h3-10,15H,11-14H2,1-2H3,(H,24,26). The Hall–Kier alpha value is -3.48. The van der Waals surface area contributed by atoms with E-state index in [1.54, 1.807) is 18.2 Å². The van der Waals surface area contributed by atoms with Crippen molar-refractivity contribution in [2.24, 2.45) is 0 Å². The Labute approximate surface area is 175 Å². The third-order valence-electron chi connectivity index (χ3n) is 4.91. The molecular weight excluding hydrogens is 384 g/mol. The number of ether oxygens (including phenoxy) is 1. The number of hydrogen-bond acceptors (Lipinski definition) is 5. The molecule has 1 heterocycles. The van der Waals surface area contributed by atoms with Gasteiger partial charge in [-0.05, 0) is 35.6 Å². The lowest BCUT2D eigenvalue weighted by molar-refractivity contribution is -0.147. The summed E-state index contributed by atoms with van der Waals surface area (Å²) in [6, 6.07) is 14.7. The van der Waals surface area contributed by atoms with Crippen LogP contribution in [-0.4, -0.2) is 43.3 Å². The zero-order valence-electron chi connectivity index (χ0n) is 17.0. The fraction of sp³-hybridized carbons (Fsp3) is 0.304. The van der Waals surface area contributed by atoms with Crippen LogP contribution in [0.15, 0.2) is 48.5 Å². The summed E-state index contributed by atoms with van der Waals surface area (Å²) < 4.78 is 4.95. The molecule has 30 heavy (non-hydrogen) atoms. The van der Waals surface area contributed by atoms with Gasteiger partial charge in [0.1, 0.15) is 6.54 Å². The number of amides is 2. The molecule has 1 N–H and O–H groups in total. The quantitative estimate of drug-likeness (QED) is 0.534. The first-order valence-corrected chi connectivity index (χ1v) is 9.83. The Morgan fingerprint density at radius 2 is 1.73 bits per heavy atom. The van der Waals surface area contributed by atoms with Crippen molar-refractivity contribution in [1.82, 2.24) is 5.32 Å². The molecule has 1 aliphatic heterocycles. The number of esters is 1. The molecule has 0 saturated carbocycles. The third-order valence-corrected chi connectivity index (χ3v) is 4.91. The molecule has 3 rings (SSSR count). The first-order chi connectivity index (χ1) is 14.4. The predicted octanol–water partition coefficient (Wildman–Crippen LogP) is 2.24. The fourth-order valence-corrected chi connectivity index (χ4v) is 3.19. The van der Waals surface area contributed by atoms with Gasteiger partial charge in [0.2, 0.25) is 0 Å². The zero-order chi connectivity index (χ0) is 21.7. The maximum absolute atomic E-state index is 12.1. The molecule has 0 atom stereocenters. The summed E-state index contributed by atoms with van der Waals surface area (Å²) in [6.45, 7) is 3.82. The molecule has 0 aliphatic carbocycles. The van der Waals surface area contributed by atoms with Gasteiger partial charge >= 0.3 is 5.97 Å². The van der Waals surface area contributed by atoms with E-state index in [1.165, 1.54) is 11.6 Å². The predicted molar refractivity (Wildman–Crippen MR) is 111 cm³/mol. The van der Waals surface area contributed by atoms with E-state index in [9.17, 15) is 19.2 Å². The molecule has 2 amide bonds. The molecule has 0 unspecified atom stereocenters. The number of fused-ring (bicyclic) bond motifs is 1. The molecule has 1 aliphatic rings. The van der Waals surface area contributed by atoms with Crippen molar-refractivity contribution in [3.63, 3.8) is 0 Å². The van der Waals surface area contributed by atoms with Crippen molar-refractivity contribution in [1.29, 1.82) is 0 Å². The van der Waals surface area contributed by atoms with Crippen LogP contribution in [0.25, 0.3) is 0 Å². The molecule has 7 nitrogen and oxygen atoms in total. The summed E-state index contributed by atoms with van der Waals surface area (Å²) in [5.74, 6) is -2.15. The van der Waals surface area contributed by atoms with E-state index in [1.807, 2.05) is 12.1 Å². The summed E-state index contributed by atoms with van der Waals surface area (Å²) in [5.41, 5.74) is 3.00. The summed E-state index contributed by atoms with van der Waals surface area (Å²) in [4.78, 5) is 49.0. The second-order valence-electron chi connectivity index (χ2n) is 7.39. The molecular formula is C23H24N2O5. The van der Waals surface area contributed by atoms with Gasteiger partial charge in [0.25, 0.3) is 17.6 Å². The highest BCUT2D eigenvalue weighted by Crippen LogP contribution is 2.28. The number of rotatable bonds is 8. The van der Waals surface area contributed by atoms with Crippen molar-refractivity contribution in [3.05, 3.63) is 65.2 Å². The Bertz CT molecular complexity index is 966. The summed E-state index contributed by atoms with van der Waals surface area (Å²) in [7, 11) is 0. The number of carbonyl (C=O) groups excluding carboxylic acids is 4. The molecule has 0 aromatic heterocycles. The van der Waals surface area contributed by atoms with E-state index in [0.717, 1.165) is 10.5 Å². The van der Waals surface area contributed by atoms with E-state index in [0.29, 0.717) is 24.6 Å². The molecule has 0 radical (unpaired) electrons. The van der Waals surface area contributed by atoms with E-state index in [-0.39, 0.29) is 5.56 Å². The second kappa shape index (κ2) is 9.35. The van der Waals surface area contributed by atoms with Crippen LogP contribution in [0.1, 0.15) is 41.3 Å². The van der Waals surface area contributed by atoms with Crippen molar-refractivity contribution in [3.8, 4) is 0 Å². The van der Waals surface area contributed by atoms with E-state index in [2.05, 4.69) is 31.3 Å². The Balaban J connectivity index is 1.41. The number of carbonyl (C=O) groups is 4. The first kappa shape index (κ1) is 21.2. The van der Waals surface area contributed by atoms with Crippen LogP contribution >= 0.6 is 0 Å². The van der Waals surface area contributed by atoms with Crippen LogP contribution in [0.5, 0.6) is 0 Å². The minimum Gasteiger partial charge on any atom is -0.454 e. The number of Topliss-reactive ketones (excluding diaryl/α,β-unsaturated/α-hetero) is 1. The highest BCUT2D eigenvalue weighted by atomic mass is 16.5. The SMILES string of the molecule is CC(C)c1ccc(CCNC(=O)COC(=O)CN2C(=O)C(=O)c3ccccc32)cc1. The second-order valence-corrected chi connectivity index (χ2v) is 7.39. The highest BCUT2D eigenvalue weighted by molar-refractivity contribution is 6.52. The van der Waals surface area contributed by atoms with Crippen molar-refractivity contribution in [2.75, 3.05) is 24.6 Å². The minimum absolute atomic E-state index is 0.259. The molecule has 7 heteroatoms. The smallest absolute Gasteiger partial charge is 0.326 e. The van der Waals surface area contributed by atoms with Gasteiger partial charge < -0.3 is 10.1 Å². The minimum atomic E-state index is -0.777. The summed E-state index contributed by atoms with van der Waals surface area (Å²) in [6.07, 6.45) is 0.666. The van der Waals surface area contributed by atoms with Crippen LogP contribution in [0.2, 0.25) is 0 Å². The van der Waals surface area contributed by atoms with Crippen LogP contribution in [0.4, 0.5) is 5.69 Å². The van der Waals surface area contributed by atoms with Gasteiger partial charge in [-0.15, -0.1) is 0 Å². The lowest BCUT2D eigenvalue weighted by atomic mass is 10.0. The molecule has 156 valence electrons. The van der Waals surface area contributed by atoms with Crippen LogP contribution in [-0.2, 0) is 25.5 Å². The van der Waals surface area contributed by atoms with Gasteiger partial charge in [0.05, 0.1) is 11.3 Å². The molecule has 2 aromatic carbocycles. The largest absolute Gasteiger partial charge is 0.454 e. The van der Waals surface area contributed by atoms with Gasteiger partial charge in [-0.1, -0.05) is 50.2 Å². The zero-order valence-corrected chi connectivity index (χ0v) is 17.0. The number of nitrogens with zero attached hydrogens (tertiary/aromatic N) is 1. The lowest BCUT2D eigenvalue weighted by Crippen LogP contribution is -2.37. The molecule has 0 spiro atoms. The van der Waals surface area contributed by atoms with E-state index >= 15 is 0 Å². The number of nitrogens with one attached hydrogen (secondary N) is 1. The summed E-state index contributed by atoms with van der Waals surface area (Å²) in [5, 5.41) is 2.70. The van der Waals surface area contributed by atoms with Gasteiger partial charge in [-0.2, -0.15) is 0 Å². The molecule has 0 fully saturated rings. The van der Waals surface area contributed by atoms with Crippen molar-refractivity contribution < 1.29 is 23.9 Å². The monoisotopic (exact) mass is 408 g/mol. The first-order valence-electron chi connectivity index (χ1n) is 9.83. The lowest BCUT2D eigenvalue weighted by Gasteiger charge is -2.15. The van der Waals surface area contributed by atoms with Gasteiger partial charge in [-0.25, -0.2) is 0 Å². The normalized spacial score (nSPS) is 12.8. The van der Waals surface area contributed by atoms with Crippen LogP contribution < -0.4 is 10.2 Å². The van der Waals surface area contributed by atoms with Gasteiger partial charge in [-0.3, -0.25) is 24.1 Å². The third kappa shape index (κ3) is 4.92. The number of para-hydroxylation sites is 1. The van der Waals surface area contributed by atoms with E-state index < -0.39 is 36.7 Å². The average Bonchev–Trinajstić information content (AvgIpc) is 2.98. The molecule has 0 saturated heterocycles. The highest BCUT2D eigenvalue weighted by Gasteiger charge is 2.36. The van der Waals surface area contributed by atoms with Crippen LogP contribution in [0, 0.1) is 0 Å². The van der Waals surface area contributed by atoms with Gasteiger partial charge in [0, 0.05) is 6.54 Å². The van der Waals surface area contributed by atoms with Crippen molar-refractivity contribution >= 4 is 29.3 Å². The molecule has 2 aromatic rings. The Morgan fingerprint density at radius 3 is 2.43 bits per heavy atom. The fourth-order valence-electron chi connectivity index (χ4n) is 3.19.